The fourth-order valence-electron chi connectivity index (χ4n) is 1.78. The van der Waals surface area contributed by atoms with Crippen LogP contribution in [0, 0.1) is 16.0 Å². The van der Waals surface area contributed by atoms with E-state index in [1.165, 1.54) is 19.2 Å². The van der Waals surface area contributed by atoms with Gasteiger partial charge in [0, 0.05) is 6.07 Å². The lowest BCUT2D eigenvalue weighted by atomic mass is 10.0. The average molecular weight is 297 g/mol. The number of esters is 1. The van der Waals surface area contributed by atoms with Crippen LogP contribution in [-0.4, -0.2) is 29.0 Å². The van der Waals surface area contributed by atoms with E-state index in [0.29, 0.717) is 6.42 Å². The van der Waals surface area contributed by atoms with E-state index in [1.807, 2.05) is 13.8 Å². The van der Waals surface area contributed by atoms with Crippen molar-refractivity contribution in [1.29, 1.82) is 0 Å². The molecule has 1 heterocycles. The summed E-state index contributed by atoms with van der Waals surface area (Å²) in [5, 5.41) is 13.8. The lowest BCUT2D eigenvalue weighted by Crippen LogP contribution is -2.32. The van der Waals surface area contributed by atoms with E-state index in [1.54, 1.807) is 0 Å². The molecule has 1 atom stereocenters. The van der Waals surface area contributed by atoms with E-state index in [0.717, 1.165) is 0 Å². The Morgan fingerprint density at radius 1 is 1.52 bits per heavy atom. The Kier molecular flexibility index (Phi) is 5.85. The minimum atomic E-state index is -0.728. The van der Waals surface area contributed by atoms with Gasteiger partial charge in [-0.15, -0.1) is 0 Å². The topological polar surface area (TPSA) is 132 Å². The molecule has 9 nitrogen and oxygen atoms in total. The fourth-order valence-corrected chi connectivity index (χ4v) is 1.78. The maximum absolute atomic E-state index is 11.8. The number of hydrogen-bond acceptors (Lipinski definition) is 8. The predicted molar refractivity (Wildman–Crippen MR) is 77.6 cm³/mol. The van der Waals surface area contributed by atoms with E-state index in [-0.39, 0.29) is 23.2 Å². The van der Waals surface area contributed by atoms with Gasteiger partial charge in [0.15, 0.2) is 0 Å². The summed E-state index contributed by atoms with van der Waals surface area (Å²) < 4.78 is 4.70. The normalized spacial score (nSPS) is 11.9. The van der Waals surface area contributed by atoms with E-state index in [2.05, 4.69) is 15.7 Å². The fraction of sp³-hybridized carbons (Fsp3) is 0.500. The number of nitrogens with two attached hydrogens (primary N) is 1. The molecule has 116 valence electrons. The number of ether oxygens (including phenoxy) is 1. The first-order valence-electron chi connectivity index (χ1n) is 6.35. The van der Waals surface area contributed by atoms with Crippen molar-refractivity contribution in [2.24, 2.45) is 11.8 Å². The largest absolute Gasteiger partial charge is 0.467 e. The Morgan fingerprint density at radius 3 is 2.67 bits per heavy atom. The highest BCUT2D eigenvalue weighted by Crippen LogP contribution is 2.25. The molecule has 0 saturated heterocycles. The van der Waals surface area contributed by atoms with Gasteiger partial charge in [-0.3, -0.25) is 10.1 Å². The van der Waals surface area contributed by atoms with E-state index >= 15 is 0 Å². The number of aromatic nitrogens is 1. The van der Waals surface area contributed by atoms with Gasteiger partial charge in [0.2, 0.25) is 5.82 Å². The molecule has 0 aromatic carbocycles. The number of hydrazine groups is 1. The van der Waals surface area contributed by atoms with Gasteiger partial charge in [-0.1, -0.05) is 13.8 Å². The van der Waals surface area contributed by atoms with Crippen molar-refractivity contribution >= 4 is 23.3 Å². The van der Waals surface area contributed by atoms with Crippen molar-refractivity contribution < 1.29 is 14.5 Å². The van der Waals surface area contributed by atoms with E-state index in [9.17, 15) is 14.9 Å². The Labute approximate surface area is 122 Å². The second-order valence-corrected chi connectivity index (χ2v) is 4.82. The number of rotatable bonds is 7. The number of carbonyl (C=O) groups is 1. The van der Waals surface area contributed by atoms with Gasteiger partial charge in [0.05, 0.1) is 12.0 Å². The van der Waals surface area contributed by atoms with Crippen LogP contribution in [0.25, 0.3) is 0 Å². The first-order valence-corrected chi connectivity index (χ1v) is 6.35. The van der Waals surface area contributed by atoms with Crippen LogP contribution in [0.1, 0.15) is 20.3 Å². The van der Waals surface area contributed by atoms with E-state index < -0.39 is 16.9 Å². The maximum Gasteiger partial charge on any atom is 0.328 e. The van der Waals surface area contributed by atoms with Crippen molar-refractivity contribution in [2.75, 3.05) is 17.9 Å². The van der Waals surface area contributed by atoms with Gasteiger partial charge >= 0.3 is 11.7 Å². The van der Waals surface area contributed by atoms with Crippen LogP contribution in [0.5, 0.6) is 0 Å². The zero-order valence-electron chi connectivity index (χ0n) is 12.1. The highest BCUT2D eigenvalue weighted by atomic mass is 16.6. The molecule has 0 amide bonds. The van der Waals surface area contributed by atoms with Gasteiger partial charge in [-0.05, 0) is 18.4 Å². The van der Waals surface area contributed by atoms with Gasteiger partial charge in [0.1, 0.15) is 11.9 Å². The molecule has 21 heavy (non-hydrogen) atoms. The van der Waals surface area contributed by atoms with Gasteiger partial charge in [0.25, 0.3) is 0 Å². The molecule has 0 spiro atoms. The third kappa shape index (κ3) is 4.56. The van der Waals surface area contributed by atoms with Gasteiger partial charge in [-0.25, -0.2) is 15.6 Å². The molecule has 0 aliphatic rings. The number of nitro groups is 1. The van der Waals surface area contributed by atoms with Crippen LogP contribution in [0.4, 0.5) is 17.3 Å². The average Bonchev–Trinajstić information content (AvgIpc) is 2.44. The van der Waals surface area contributed by atoms with Crippen LogP contribution in [0.2, 0.25) is 0 Å². The van der Waals surface area contributed by atoms with Crippen molar-refractivity contribution in [3.05, 3.63) is 22.2 Å². The van der Waals surface area contributed by atoms with Crippen LogP contribution in [0.3, 0.4) is 0 Å². The molecule has 0 bridgehead atoms. The number of nitrogen functional groups attached to an aromatic ring is 1. The summed E-state index contributed by atoms with van der Waals surface area (Å²) >= 11 is 0. The zero-order valence-corrected chi connectivity index (χ0v) is 12.1. The number of pyridine rings is 1. The summed E-state index contributed by atoms with van der Waals surface area (Å²) in [4.78, 5) is 26.2. The first kappa shape index (κ1) is 16.6. The first-order chi connectivity index (χ1) is 9.88. The van der Waals surface area contributed by atoms with Gasteiger partial charge in [-0.2, -0.15) is 0 Å². The summed E-state index contributed by atoms with van der Waals surface area (Å²) in [6.45, 7) is 3.86. The third-order valence-corrected chi connectivity index (χ3v) is 2.72. The zero-order chi connectivity index (χ0) is 16.0. The third-order valence-electron chi connectivity index (χ3n) is 2.72. The predicted octanol–water partition coefficient (Wildman–Crippen LogP) is 1.27. The molecule has 0 fully saturated rings. The Morgan fingerprint density at radius 2 is 2.19 bits per heavy atom. The molecule has 9 heteroatoms. The Balaban J connectivity index is 3.11. The molecule has 1 aromatic heterocycles. The monoisotopic (exact) mass is 297 g/mol. The molecular weight excluding hydrogens is 278 g/mol. The summed E-state index contributed by atoms with van der Waals surface area (Å²) in [7, 11) is 1.26. The Bertz CT molecular complexity index is 520. The van der Waals surface area contributed by atoms with Crippen molar-refractivity contribution in [3.63, 3.8) is 0 Å². The number of nitrogens with one attached hydrogen (secondary N) is 2. The minimum absolute atomic E-state index is 0.0356. The molecule has 0 aliphatic carbocycles. The van der Waals surface area contributed by atoms with Crippen LogP contribution < -0.4 is 16.6 Å². The molecule has 4 N–H and O–H groups in total. The summed E-state index contributed by atoms with van der Waals surface area (Å²) in [5.74, 6) is 5.13. The SMILES string of the molecule is COC(=O)C(CC(C)C)Nc1nc(NN)ccc1[N+](=O)[O-]. The molecule has 1 rings (SSSR count). The highest BCUT2D eigenvalue weighted by Gasteiger charge is 2.25. The number of anilines is 2. The van der Waals surface area contributed by atoms with Crippen molar-refractivity contribution in [2.45, 2.75) is 26.3 Å². The van der Waals surface area contributed by atoms with Crippen molar-refractivity contribution in [3.8, 4) is 0 Å². The standard InChI is InChI=1S/C12H19N5O4/c1-7(2)6-8(12(18)21-3)14-11-9(17(19)20)4-5-10(15-11)16-13/h4-5,7-8H,6,13H2,1-3H3,(H2,14,15,16). The van der Waals surface area contributed by atoms with Crippen LogP contribution in [-0.2, 0) is 9.53 Å². The summed E-state index contributed by atoms with van der Waals surface area (Å²) in [5.41, 5.74) is 2.06. The molecule has 1 aromatic rings. The van der Waals surface area contributed by atoms with Crippen LogP contribution >= 0.6 is 0 Å². The smallest absolute Gasteiger partial charge is 0.328 e. The minimum Gasteiger partial charge on any atom is -0.467 e. The number of methoxy groups -OCH3 is 1. The number of hydrogen-bond donors (Lipinski definition) is 3. The number of carbonyl (C=O) groups excluding carboxylic acids is 1. The quantitative estimate of drug-likeness (QED) is 0.296. The molecule has 1 unspecified atom stereocenters. The maximum atomic E-state index is 11.8. The second-order valence-electron chi connectivity index (χ2n) is 4.82. The second kappa shape index (κ2) is 7.39. The van der Waals surface area contributed by atoms with Gasteiger partial charge < -0.3 is 15.5 Å². The summed E-state index contributed by atoms with van der Waals surface area (Å²) in [6, 6.07) is 1.90. The van der Waals surface area contributed by atoms with Crippen LogP contribution in [0.15, 0.2) is 12.1 Å². The molecular formula is C12H19N5O4. The molecule has 0 aliphatic heterocycles. The Hall–Kier alpha value is -2.42. The lowest BCUT2D eigenvalue weighted by Gasteiger charge is -2.19. The lowest BCUT2D eigenvalue weighted by molar-refractivity contribution is -0.384. The van der Waals surface area contributed by atoms with E-state index in [4.69, 9.17) is 10.6 Å². The molecule has 0 radical (unpaired) electrons. The summed E-state index contributed by atoms with van der Waals surface area (Å²) in [6.07, 6.45) is 0.450. The number of nitrogens with zero attached hydrogens (tertiary/aromatic N) is 2. The molecule has 0 saturated carbocycles. The highest BCUT2D eigenvalue weighted by molar-refractivity contribution is 5.80. The van der Waals surface area contributed by atoms with Crippen molar-refractivity contribution in [1.82, 2.24) is 4.98 Å².